The smallest absolute Gasteiger partial charge is 0.338 e. The van der Waals surface area contributed by atoms with Crippen molar-refractivity contribution in [2.75, 3.05) is 19.7 Å². The molecule has 0 bridgehead atoms. The molecule has 1 amide bonds. The van der Waals surface area contributed by atoms with Crippen molar-refractivity contribution in [3.8, 4) is 0 Å². The van der Waals surface area contributed by atoms with Gasteiger partial charge in [0.05, 0.1) is 12.2 Å². The summed E-state index contributed by atoms with van der Waals surface area (Å²) in [6.07, 6.45) is 4.26. The number of hydrogen-bond donors (Lipinski definition) is 0. The molecule has 0 unspecified atom stereocenters. The molecular weight excluding hydrogens is 326 g/mol. The van der Waals surface area contributed by atoms with E-state index in [9.17, 15) is 9.59 Å². The maximum Gasteiger partial charge on any atom is 0.338 e. The third-order valence-corrected chi connectivity index (χ3v) is 4.03. The van der Waals surface area contributed by atoms with Gasteiger partial charge in [0.1, 0.15) is 0 Å². The van der Waals surface area contributed by atoms with Crippen LogP contribution < -0.4 is 0 Å². The van der Waals surface area contributed by atoms with E-state index in [1.54, 1.807) is 24.3 Å². The van der Waals surface area contributed by atoms with Crippen LogP contribution in [0.4, 0.5) is 0 Å². The van der Waals surface area contributed by atoms with Crippen LogP contribution in [0, 0.1) is 11.8 Å². The van der Waals surface area contributed by atoms with E-state index in [1.807, 2.05) is 4.90 Å². The molecule has 0 aliphatic carbocycles. The predicted molar refractivity (Wildman–Crippen MR) is 106 cm³/mol. The second-order valence-corrected chi connectivity index (χ2v) is 7.78. The first-order valence-electron chi connectivity index (χ1n) is 9.91. The van der Waals surface area contributed by atoms with Crippen LogP contribution in [0.3, 0.4) is 0 Å². The summed E-state index contributed by atoms with van der Waals surface area (Å²) in [7, 11) is 0. The van der Waals surface area contributed by atoms with Gasteiger partial charge in [-0.25, -0.2) is 4.79 Å². The van der Waals surface area contributed by atoms with Crippen molar-refractivity contribution >= 4 is 11.9 Å². The summed E-state index contributed by atoms with van der Waals surface area (Å²) in [5.41, 5.74) is 0.993. The number of benzene rings is 1. The van der Waals surface area contributed by atoms with Crippen LogP contribution in [0.15, 0.2) is 24.3 Å². The third kappa shape index (κ3) is 8.03. The Kier molecular flexibility index (Phi) is 10.0. The SMILES string of the molecule is CCCCCCOC(=O)c1cccc(C(=O)N(CC(C)C)CC(C)C)c1. The van der Waals surface area contributed by atoms with E-state index in [4.69, 9.17) is 4.74 Å². The van der Waals surface area contributed by atoms with Gasteiger partial charge in [-0.2, -0.15) is 0 Å². The van der Waals surface area contributed by atoms with Gasteiger partial charge in [-0.15, -0.1) is 0 Å². The Morgan fingerprint density at radius 2 is 1.58 bits per heavy atom. The number of hydrogen-bond acceptors (Lipinski definition) is 3. The molecule has 4 nitrogen and oxygen atoms in total. The number of rotatable bonds is 11. The number of nitrogens with zero attached hydrogens (tertiary/aromatic N) is 1. The fourth-order valence-corrected chi connectivity index (χ4v) is 2.86. The molecule has 0 aliphatic rings. The van der Waals surface area contributed by atoms with Crippen molar-refractivity contribution in [3.05, 3.63) is 35.4 Å². The zero-order valence-corrected chi connectivity index (χ0v) is 17.1. The monoisotopic (exact) mass is 361 g/mol. The van der Waals surface area contributed by atoms with E-state index in [0.29, 0.717) is 42.7 Å². The molecule has 1 rings (SSSR count). The first-order valence-corrected chi connectivity index (χ1v) is 9.91. The summed E-state index contributed by atoms with van der Waals surface area (Å²) < 4.78 is 5.34. The molecule has 4 heteroatoms. The largest absolute Gasteiger partial charge is 0.462 e. The minimum Gasteiger partial charge on any atom is -0.462 e. The maximum absolute atomic E-state index is 12.9. The van der Waals surface area contributed by atoms with Crippen molar-refractivity contribution < 1.29 is 14.3 Å². The van der Waals surface area contributed by atoms with E-state index >= 15 is 0 Å². The molecule has 0 saturated carbocycles. The predicted octanol–water partition coefficient (Wildman–Crippen LogP) is 5.18. The molecule has 0 aromatic heterocycles. The van der Waals surface area contributed by atoms with Gasteiger partial charge in [0.2, 0.25) is 0 Å². The van der Waals surface area contributed by atoms with Crippen molar-refractivity contribution in [3.63, 3.8) is 0 Å². The van der Waals surface area contributed by atoms with Crippen LogP contribution in [0.2, 0.25) is 0 Å². The second kappa shape index (κ2) is 11.7. The third-order valence-electron chi connectivity index (χ3n) is 4.03. The topological polar surface area (TPSA) is 46.6 Å². The molecule has 0 radical (unpaired) electrons. The molecule has 0 fully saturated rings. The van der Waals surface area contributed by atoms with Crippen molar-refractivity contribution in [1.29, 1.82) is 0 Å². The molecule has 0 atom stereocenters. The molecule has 0 spiro atoms. The van der Waals surface area contributed by atoms with Crippen LogP contribution in [-0.2, 0) is 4.74 Å². The van der Waals surface area contributed by atoms with Gasteiger partial charge in [-0.1, -0.05) is 59.9 Å². The van der Waals surface area contributed by atoms with Crippen molar-refractivity contribution in [2.45, 2.75) is 60.3 Å². The summed E-state index contributed by atoms with van der Waals surface area (Å²) in [5.74, 6) is 0.420. The number of unbranched alkanes of at least 4 members (excludes halogenated alkanes) is 3. The molecule has 0 N–H and O–H groups in total. The Hall–Kier alpha value is -1.84. The first kappa shape index (κ1) is 22.2. The lowest BCUT2D eigenvalue weighted by Crippen LogP contribution is -2.37. The van der Waals surface area contributed by atoms with Gasteiger partial charge < -0.3 is 9.64 Å². The molecular formula is C22H35NO3. The van der Waals surface area contributed by atoms with E-state index < -0.39 is 0 Å². The Morgan fingerprint density at radius 3 is 2.15 bits per heavy atom. The summed E-state index contributed by atoms with van der Waals surface area (Å²) in [6.45, 7) is 12.4. The lowest BCUT2D eigenvalue weighted by atomic mass is 10.1. The van der Waals surface area contributed by atoms with Gasteiger partial charge in [-0.3, -0.25) is 4.79 Å². The van der Waals surface area contributed by atoms with Gasteiger partial charge in [0.25, 0.3) is 5.91 Å². The minimum absolute atomic E-state index is 0.0232. The first-order chi connectivity index (χ1) is 12.3. The van der Waals surface area contributed by atoms with E-state index in [2.05, 4.69) is 34.6 Å². The standard InChI is InChI=1S/C22H35NO3/c1-6-7-8-9-13-26-22(25)20-12-10-11-19(14-20)21(24)23(15-17(2)3)16-18(4)5/h10-12,14,17-18H,6-9,13,15-16H2,1-5H3. The number of carbonyl (C=O) groups is 2. The van der Waals surface area contributed by atoms with Crippen LogP contribution in [0.25, 0.3) is 0 Å². The molecule has 0 saturated heterocycles. The van der Waals surface area contributed by atoms with Crippen LogP contribution in [0.5, 0.6) is 0 Å². The highest BCUT2D eigenvalue weighted by Crippen LogP contribution is 2.13. The zero-order valence-electron chi connectivity index (χ0n) is 17.1. The van der Waals surface area contributed by atoms with E-state index in [-0.39, 0.29) is 11.9 Å². The Bertz CT molecular complexity index is 556. The molecule has 146 valence electrons. The Morgan fingerprint density at radius 1 is 0.962 bits per heavy atom. The van der Waals surface area contributed by atoms with Crippen molar-refractivity contribution in [1.82, 2.24) is 4.90 Å². The van der Waals surface area contributed by atoms with E-state index in [0.717, 1.165) is 25.7 Å². The van der Waals surface area contributed by atoms with Crippen LogP contribution in [0.1, 0.15) is 81.0 Å². The fraction of sp³-hybridized carbons (Fsp3) is 0.636. The number of amides is 1. The number of ether oxygens (including phenoxy) is 1. The lowest BCUT2D eigenvalue weighted by molar-refractivity contribution is 0.0497. The van der Waals surface area contributed by atoms with Gasteiger partial charge >= 0.3 is 5.97 Å². The highest BCUT2D eigenvalue weighted by molar-refractivity contribution is 5.98. The van der Waals surface area contributed by atoms with Crippen LogP contribution >= 0.6 is 0 Å². The normalized spacial score (nSPS) is 11.0. The summed E-state index contributed by atoms with van der Waals surface area (Å²) >= 11 is 0. The maximum atomic E-state index is 12.9. The fourth-order valence-electron chi connectivity index (χ4n) is 2.86. The Labute approximate surface area is 158 Å². The number of carbonyl (C=O) groups excluding carboxylic acids is 2. The van der Waals surface area contributed by atoms with Gasteiger partial charge in [0.15, 0.2) is 0 Å². The zero-order chi connectivity index (χ0) is 19.5. The van der Waals surface area contributed by atoms with Crippen molar-refractivity contribution in [2.24, 2.45) is 11.8 Å². The molecule has 1 aromatic rings. The molecule has 26 heavy (non-hydrogen) atoms. The summed E-state index contributed by atoms with van der Waals surface area (Å²) in [5, 5.41) is 0. The highest BCUT2D eigenvalue weighted by Gasteiger charge is 2.19. The van der Waals surface area contributed by atoms with E-state index in [1.165, 1.54) is 0 Å². The molecule has 0 aliphatic heterocycles. The summed E-state index contributed by atoms with van der Waals surface area (Å²) in [4.78, 5) is 27.0. The molecule has 0 heterocycles. The summed E-state index contributed by atoms with van der Waals surface area (Å²) in [6, 6.07) is 6.89. The lowest BCUT2D eigenvalue weighted by Gasteiger charge is -2.26. The average Bonchev–Trinajstić information content (AvgIpc) is 2.59. The Balaban J connectivity index is 2.76. The van der Waals surface area contributed by atoms with Gasteiger partial charge in [0, 0.05) is 18.7 Å². The second-order valence-electron chi connectivity index (χ2n) is 7.78. The molecule has 1 aromatic carbocycles. The average molecular weight is 362 g/mol. The number of esters is 1. The quantitative estimate of drug-likeness (QED) is 0.403. The highest BCUT2D eigenvalue weighted by atomic mass is 16.5. The van der Waals surface area contributed by atoms with Crippen LogP contribution in [-0.4, -0.2) is 36.5 Å². The van der Waals surface area contributed by atoms with Gasteiger partial charge in [-0.05, 0) is 36.5 Å². The minimum atomic E-state index is -0.351.